The van der Waals surface area contributed by atoms with Crippen molar-refractivity contribution in [2.45, 2.75) is 6.92 Å². The molecule has 2 aromatic rings. The number of hydrogen-bond donors (Lipinski definition) is 0. The molecule has 32 heavy (non-hydrogen) atoms. The van der Waals surface area contributed by atoms with E-state index in [0.29, 0.717) is 54.2 Å². The van der Waals surface area contributed by atoms with E-state index in [1.807, 2.05) is 49.4 Å². The molecule has 2 fully saturated rings. The molecule has 166 valence electrons. The molecular formula is C24H25N3O4S. The number of ether oxygens (including phenoxy) is 2. The summed E-state index contributed by atoms with van der Waals surface area (Å²) in [5, 5.41) is 0.605. The van der Waals surface area contributed by atoms with E-state index in [2.05, 4.69) is 0 Å². The number of morpholine rings is 1. The Labute approximate surface area is 191 Å². The normalized spacial score (nSPS) is 19.1. The maximum atomic E-state index is 12.9. The van der Waals surface area contributed by atoms with Crippen molar-refractivity contribution in [2.24, 2.45) is 4.99 Å². The van der Waals surface area contributed by atoms with Crippen molar-refractivity contribution >= 4 is 40.5 Å². The van der Waals surface area contributed by atoms with Crippen LogP contribution in [0.2, 0.25) is 0 Å². The van der Waals surface area contributed by atoms with Gasteiger partial charge < -0.3 is 14.4 Å². The Morgan fingerprint density at radius 2 is 1.94 bits per heavy atom. The number of carbonyl (C=O) groups excluding carboxylic acids is 2. The number of nitrogens with zero attached hydrogens (tertiary/aromatic N) is 3. The van der Waals surface area contributed by atoms with Crippen molar-refractivity contribution in [3.8, 4) is 5.75 Å². The van der Waals surface area contributed by atoms with Crippen LogP contribution in [0.1, 0.15) is 22.8 Å². The lowest BCUT2D eigenvalue weighted by molar-refractivity contribution is -0.122. The van der Waals surface area contributed by atoms with Crippen molar-refractivity contribution in [3.05, 3.63) is 64.6 Å². The lowest BCUT2D eigenvalue weighted by Crippen LogP contribution is -2.40. The first-order valence-corrected chi connectivity index (χ1v) is 11.3. The summed E-state index contributed by atoms with van der Waals surface area (Å²) in [7, 11) is 1.62. The lowest BCUT2D eigenvalue weighted by atomic mass is 10.1. The van der Waals surface area contributed by atoms with E-state index in [1.54, 1.807) is 29.0 Å². The summed E-state index contributed by atoms with van der Waals surface area (Å²) in [6.45, 7) is 4.72. The zero-order valence-corrected chi connectivity index (χ0v) is 18.9. The standard InChI is InChI=1S/C24H25N3O4S/c1-3-27-23(29)21(15-17-7-9-20(30-2)10-8-17)32-24(27)25-19-6-4-5-18(16-19)22(28)26-11-13-31-14-12-26/h4-10,15-16H,3,11-14H2,1-2H3/b21-15+,25-24?. The Balaban J connectivity index is 1.57. The number of amidine groups is 1. The van der Waals surface area contributed by atoms with E-state index >= 15 is 0 Å². The maximum absolute atomic E-state index is 12.9. The van der Waals surface area contributed by atoms with Gasteiger partial charge in [0.15, 0.2) is 5.17 Å². The molecule has 0 aliphatic carbocycles. The number of hydrogen-bond acceptors (Lipinski definition) is 6. The zero-order chi connectivity index (χ0) is 22.5. The zero-order valence-electron chi connectivity index (χ0n) is 18.1. The second-order valence-electron chi connectivity index (χ2n) is 7.28. The second kappa shape index (κ2) is 10.0. The summed E-state index contributed by atoms with van der Waals surface area (Å²) >= 11 is 1.34. The van der Waals surface area contributed by atoms with E-state index in [1.165, 1.54) is 11.8 Å². The predicted molar refractivity (Wildman–Crippen MR) is 126 cm³/mol. The molecule has 7 nitrogen and oxygen atoms in total. The molecule has 4 rings (SSSR count). The number of benzene rings is 2. The van der Waals surface area contributed by atoms with E-state index < -0.39 is 0 Å². The van der Waals surface area contributed by atoms with Gasteiger partial charge in [0.25, 0.3) is 11.8 Å². The topological polar surface area (TPSA) is 71.4 Å². The maximum Gasteiger partial charge on any atom is 0.266 e. The molecule has 0 atom stereocenters. The van der Waals surface area contributed by atoms with Gasteiger partial charge in [-0.05, 0) is 60.7 Å². The molecule has 8 heteroatoms. The van der Waals surface area contributed by atoms with E-state index in [4.69, 9.17) is 14.5 Å². The van der Waals surface area contributed by atoms with Crippen molar-refractivity contribution in [3.63, 3.8) is 0 Å². The molecule has 2 aliphatic heterocycles. The lowest BCUT2D eigenvalue weighted by Gasteiger charge is -2.26. The minimum atomic E-state index is -0.0763. The molecule has 2 amide bonds. The minimum Gasteiger partial charge on any atom is -0.497 e. The summed E-state index contributed by atoms with van der Waals surface area (Å²) in [5.74, 6) is 0.659. The van der Waals surface area contributed by atoms with Gasteiger partial charge in [0.05, 0.1) is 30.9 Å². The number of thioether (sulfide) groups is 1. The first-order valence-electron chi connectivity index (χ1n) is 10.5. The molecule has 0 spiro atoms. The highest BCUT2D eigenvalue weighted by Crippen LogP contribution is 2.34. The van der Waals surface area contributed by atoms with Gasteiger partial charge in [-0.2, -0.15) is 0 Å². The fourth-order valence-electron chi connectivity index (χ4n) is 3.49. The first-order chi connectivity index (χ1) is 15.6. The summed E-state index contributed by atoms with van der Waals surface area (Å²) in [4.78, 5) is 34.4. The van der Waals surface area contributed by atoms with Gasteiger partial charge in [-0.3, -0.25) is 14.5 Å². The van der Waals surface area contributed by atoms with Crippen LogP contribution in [0.25, 0.3) is 6.08 Å². The molecule has 0 unspecified atom stereocenters. The Morgan fingerprint density at radius 3 is 2.62 bits per heavy atom. The Hall–Kier alpha value is -3.10. The van der Waals surface area contributed by atoms with Crippen molar-refractivity contribution in [1.82, 2.24) is 9.80 Å². The quantitative estimate of drug-likeness (QED) is 0.647. The number of methoxy groups -OCH3 is 1. The molecule has 0 saturated carbocycles. The van der Waals surface area contributed by atoms with Crippen LogP contribution in [-0.2, 0) is 9.53 Å². The van der Waals surface area contributed by atoms with Crippen molar-refractivity contribution in [1.29, 1.82) is 0 Å². The highest BCUT2D eigenvalue weighted by Gasteiger charge is 2.32. The molecule has 0 N–H and O–H groups in total. The molecule has 0 aromatic heterocycles. The van der Waals surface area contributed by atoms with Crippen LogP contribution < -0.4 is 4.74 Å². The smallest absolute Gasteiger partial charge is 0.266 e. The van der Waals surface area contributed by atoms with Gasteiger partial charge in [0.2, 0.25) is 0 Å². The molecule has 2 saturated heterocycles. The number of likely N-dealkylation sites (N-methyl/N-ethyl adjacent to an activating group) is 1. The highest BCUT2D eigenvalue weighted by molar-refractivity contribution is 8.18. The monoisotopic (exact) mass is 451 g/mol. The van der Waals surface area contributed by atoms with Crippen molar-refractivity contribution in [2.75, 3.05) is 40.0 Å². The molecule has 2 heterocycles. The number of amides is 2. The summed E-state index contributed by atoms with van der Waals surface area (Å²) in [6.07, 6.45) is 1.86. The number of aliphatic imine (C=N–C) groups is 1. The summed E-state index contributed by atoms with van der Waals surface area (Å²) < 4.78 is 10.5. The number of carbonyl (C=O) groups is 2. The molecule has 2 aliphatic rings. The number of rotatable bonds is 5. The predicted octanol–water partition coefficient (Wildman–Crippen LogP) is 3.79. The third kappa shape index (κ3) is 4.87. The van der Waals surface area contributed by atoms with Gasteiger partial charge in [-0.15, -0.1) is 0 Å². The Morgan fingerprint density at radius 1 is 1.19 bits per heavy atom. The highest BCUT2D eigenvalue weighted by atomic mass is 32.2. The Bertz CT molecular complexity index is 1060. The van der Waals surface area contributed by atoms with Crippen LogP contribution in [0, 0.1) is 0 Å². The van der Waals surface area contributed by atoms with Gasteiger partial charge in [0.1, 0.15) is 5.75 Å². The molecular weight excluding hydrogens is 426 g/mol. The summed E-state index contributed by atoms with van der Waals surface area (Å²) in [5.41, 5.74) is 2.14. The first kappa shape index (κ1) is 22.1. The fraction of sp³-hybridized carbons (Fsp3) is 0.292. The van der Waals surface area contributed by atoms with Crippen LogP contribution in [0.4, 0.5) is 5.69 Å². The van der Waals surface area contributed by atoms with E-state index in [9.17, 15) is 9.59 Å². The summed E-state index contributed by atoms with van der Waals surface area (Å²) in [6, 6.07) is 14.8. The average molecular weight is 452 g/mol. The van der Waals surface area contributed by atoms with Crippen LogP contribution in [0.5, 0.6) is 5.75 Å². The fourth-order valence-corrected chi connectivity index (χ4v) is 4.55. The molecule has 0 bridgehead atoms. The van der Waals surface area contributed by atoms with Gasteiger partial charge in [-0.1, -0.05) is 18.2 Å². The van der Waals surface area contributed by atoms with Gasteiger partial charge >= 0.3 is 0 Å². The van der Waals surface area contributed by atoms with E-state index in [0.717, 1.165) is 11.3 Å². The minimum absolute atomic E-state index is 0.0297. The van der Waals surface area contributed by atoms with Crippen LogP contribution >= 0.6 is 11.8 Å². The van der Waals surface area contributed by atoms with Crippen LogP contribution in [0.3, 0.4) is 0 Å². The average Bonchev–Trinajstić information content (AvgIpc) is 3.13. The third-order valence-corrected chi connectivity index (χ3v) is 6.24. The molecule has 0 radical (unpaired) electrons. The second-order valence-corrected chi connectivity index (χ2v) is 8.29. The van der Waals surface area contributed by atoms with E-state index in [-0.39, 0.29) is 11.8 Å². The third-order valence-electron chi connectivity index (χ3n) is 5.23. The van der Waals surface area contributed by atoms with Crippen LogP contribution in [-0.4, -0.2) is 66.7 Å². The van der Waals surface area contributed by atoms with Crippen molar-refractivity contribution < 1.29 is 19.1 Å². The molecule has 2 aromatic carbocycles. The van der Waals surface area contributed by atoms with Gasteiger partial charge in [-0.25, -0.2) is 4.99 Å². The van der Waals surface area contributed by atoms with Gasteiger partial charge in [0, 0.05) is 25.2 Å². The largest absolute Gasteiger partial charge is 0.497 e. The SMILES string of the molecule is CCN1C(=O)/C(=C\c2ccc(OC)cc2)SC1=Nc1cccc(C(=O)N2CCOCC2)c1. The van der Waals surface area contributed by atoms with Crippen LogP contribution in [0.15, 0.2) is 58.4 Å². The Kier molecular flexibility index (Phi) is 6.92.